The van der Waals surface area contributed by atoms with Gasteiger partial charge in [-0.3, -0.25) is 9.59 Å². The van der Waals surface area contributed by atoms with E-state index >= 15 is 0 Å². The lowest BCUT2D eigenvalue weighted by molar-refractivity contribution is -0.142. The average molecular weight is 407 g/mol. The molecule has 0 saturated heterocycles. The van der Waals surface area contributed by atoms with Gasteiger partial charge in [0.2, 0.25) is 0 Å². The first-order valence-corrected chi connectivity index (χ1v) is 9.83. The van der Waals surface area contributed by atoms with Crippen molar-refractivity contribution in [3.8, 4) is 0 Å². The van der Waals surface area contributed by atoms with E-state index in [9.17, 15) is 14.4 Å². The second-order valence-electron chi connectivity index (χ2n) is 7.51. The molecule has 0 fully saturated rings. The predicted molar refractivity (Wildman–Crippen MR) is 114 cm³/mol. The summed E-state index contributed by atoms with van der Waals surface area (Å²) in [7, 11) is 1.28. The normalized spacial score (nSPS) is 12.0. The molecule has 156 valence electrons. The van der Waals surface area contributed by atoms with Gasteiger partial charge in [-0.2, -0.15) is 5.10 Å². The number of nitrogens with zero attached hydrogens (tertiary/aromatic N) is 2. The van der Waals surface area contributed by atoms with Crippen LogP contribution in [-0.2, 0) is 22.5 Å². The fourth-order valence-corrected chi connectivity index (χ4v) is 3.28. The van der Waals surface area contributed by atoms with Crippen molar-refractivity contribution in [3.05, 3.63) is 76.2 Å². The number of ether oxygens (including phenoxy) is 1. The molecule has 0 aliphatic rings. The van der Waals surface area contributed by atoms with Crippen molar-refractivity contribution in [1.82, 2.24) is 15.1 Å². The second-order valence-corrected chi connectivity index (χ2v) is 7.51. The molecule has 1 heterocycles. The van der Waals surface area contributed by atoms with Crippen LogP contribution in [-0.4, -0.2) is 34.8 Å². The minimum Gasteiger partial charge on any atom is -0.467 e. The number of rotatable bonds is 7. The Hall–Kier alpha value is -3.48. The van der Waals surface area contributed by atoms with Crippen molar-refractivity contribution in [2.24, 2.45) is 5.92 Å². The number of hydrogen-bond acceptors (Lipinski definition) is 5. The van der Waals surface area contributed by atoms with Crippen molar-refractivity contribution < 1.29 is 14.3 Å². The van der Waals surface area contributed by atoms with Crippen molar-refractivity contribution in [2.75, 3.05) is 7.11 Å². The van der Waals surface area contributed by atoms with Crippen molar-refractivity contribution >= 4 is 22.6 Å². The molecule has 7 heteroatoms. The maximum atomic E-state index is 13.1. The lowest BCUT2D eigenvalue weighted by atomic mass is 10.1. The molecular formula is C23H25N3O4. The zero-order valence-electron chi connectivity index (χ0n) is 17.3. The highest BCUT2D eigenvalue weighted by molar-refractivity contribution is 6.05. The van der Waals surface area contributed by atoms with Crippen LogP contribution in [0.2, 0.25) is 0 Å². The van der Waals surface area contributed by atoms with E-state index in [1.54, 1.807) is 24.3 Å². The third kappa shape index (κ3) is 4.74. The first-order chi connectivity index (χ1) is 14.4. The van der Waals surface area contributed by atoms with E-state index in [1.165, 1.54) is 11.8 Å². The molecule has 1 aromatic heterocycles. The molecule has 0 spiro atoms. The summed E-state index contributed by atoms with van der Waals surface area (Å²) in [5.41, 5.74) is 0.744. The van der Waals surface area contributed by atoms with E-state index in [0.717, 1.165) is 5.56 Å². The van der Waals surface area contributed by atoms with Gasteiger partial charge in [0, 0.05) is 18.4 Å². The van der Waals surface area contributed by atoms with E-state index < -0.39 is 17.9 Å². The highest BCUT2D eigenvalue weighted by atomic mass is 16.5. The molecule has 1 N–H and O–H groups in total. The van der Waals surface area contributed by atoms with Crippen LogP contribution in [0.15, 0.2) is 59.4 Å². The minimum absolute atomic E-state index is 0.104. The highest BCUT2D eigenvalue weighted by Gasteiger charge is 2.25. The molecule has 7 nitrogen and oxygen atoms in total. The monoisotopic (exact) mass is 407 g/mol. The lowest BCUT2D eigenvalue weighted by Crippen LogP contribution is -2.44. The molecule has 3 rings (SSSR count). The summed E-state index contributed by atoms with van der Waals surface area (Å²) in [5.74, 6) is -0.907. The molecule has 0 aliphatic carbocycles. The van der Waals surface area contributed by atoms with Gasteiger partial charge < -0.3 is 10.1 Å². The first-order valence-electron chi connectivity index (χ1n) is 9.83. The van der Waals surface area contributed by atoms with Gasteiger partial charge in [0.25, 0.3) is 11.5 Å². The quantitative estimate of drug-likeness (QED) is 0.608. The van der Waals surface area contributed by atoms with Gasteiger partial charge >= 0.3 is 5.97 Å². The van der Waals surface area contributed by atoms with Gasteiger partial charge in [0.05, 0.1) is 12.5 Å². The van der Waals surface area contributed by atoms with Gasteiger partial charge in [0.1, 0.15) is 6.04 Å². The summed E-state index contributed by atoms with van der Waals surface area (Å²) in [4.78, 5) is 38.2. The molecule has 0 radical (unpaired) electrons. The number of hydrogen-bond donors (Lipinski definition) is 1. The standard InChI is InChI=1S/C23H25N3O4/c1-15(2)14-26-22(28)18-12-8-7-11-17(18)20(25-26)21(27)24-19(23(29)30-3)13-16-9-5-4-6-10-16/h4-12,15,19H,13-14H2,1-3H3,(H,24,27)/t19-/m0/s1. The lowest BCUT2D eigenvalue weighted by Gasteiger charge is -2.18. The Morgan fingerprint density at radius 1 is 1.03 bits per heavy atom. The van der Waals surface area contributed by atoms with E-state index in [1.807, 2.05) is 44.2 Å². The van der Waals surface area contributed by atoms with Crippen LogP contribution in [0.1, 0.15) is 29.9 Å². The van der Waals surface area contributed by atoms with E-state index in [2.05, 4.69) is 10.4 Å². The number of carbonyl (C=O) groups is 2. The van der Waals surface area contributed by atoms with Gasteiger partial charge in [-0.15, -0.1) is 0 Å². The Morgan fingerprint density at radius 3 is 2.30 bits per heavy atom. The van der Waals surface area contributed by atoms with Crippen LogP contribution in [0.5, 0.6) is 0 Å². The smallest absolute Gasteiger partial charge is 0.328 e. The molecule has 30 heavy (non-hydrogen) atoms. The van der Waals surface area contributed by atoms with Crippen LogP contribution >= 0.6 is 0 Å². The maximum Gasteiger partial charge on any atom is 0.328 e. The Kier molecular flexibility index (Phi) is 6.61. The van der Waals surface area contributed by atoms with E-state index in [4.69, 9.17) is 4.74 Å². The van der Waals surface area contributed by atoms with Crippen LogP contribution in [0, 0.1) is 5.92 Å². The molecular weight excluding hydrogens is 382 g/mol. The number of aromatic nitrogens is 2. The van der Waals surface area contributed by atoms with Crippen LogP contribution in [0.4, 0.5) is 0 Å². The number of fused-ring (bicyclic) bond motifs is 1. The summed E-state index contributed by atoms with van der Waals surface area (Å²) in [6.07, 6.45) is 0.281. The minimum atomic E-state index is -0.879. The third-order valence-corrected chi connectivity index (χ3v) is 4.69. The fraction of sp³-hybridized carbons (Fsp3) is 0.304. The fourth-order valence-electron chi connectivity index (χ4n) is 3.28. The zero-order valence-corrected chi connectivity index (χ0v) is 17.3. The summed E-state index contributed by atoms with van der Waals surface area (Å²) in [6, 6.07) is 15.3. The number of esters is 1. The number of benzene rings is 2. The Morgan fingerprint density at radius 2 is 1.67 bits per heavy atom. The average Bonchev–Trinajstić information content (AvgIpc) is 2.75. The van der Waals surface area contributed by atoms with E-state index in [0.29, 0.717) is 17.3 Å². The molecule has 0 saturated carbocycles. The third-order valence-electron chi connectivity index (χ3n) is 4.69. The zero-order chi connectivity index (χ0) is 21.7. The SMILES string of the molecule is COC(=O)[C@H](Cc1ccccc1)NC(=O)c1nn(CC(C)C)c(=O)c2ccccc12. The first kappa shape index (κ1) is 21.2. The van der Waals surface area contributed by atoms with Crippen LogP contribution in [0.25, 0.3) is 10.8 Å². The van der Waals surface area contributed by atoms with E-state index in [-0.39, 0.29) is 23.6 Å². The highest BCUT2D eigenvalue weighted by Crippen LogP contribution is 2.15. The summed E-state index contributed by atoms with van der Waals surface area (Å²) in [5, 5.41) is 7.92. The molecule has 0 bridgehead atoms. The van der Waals surface area contributed by atoms with Gasteiger partial charge in [0.15, 0.2) is 5.69 Å². The second kappa shape index (κ2) is 9.35. The molecule has 3 aromatic rings. The number of nitrogens with one attached hydrogen (secondary N) is 1. The molecule has 0 unspecified atom stereocenters. The maximum absolute atomic E-state index is 13.1. The van der Waals surface area contributed by atoms with Crippen LogP contribution in [0.3, 0.4) is 0 Å². The Bertz CT molecular complexity index is 1110. The summed E-state index contributed by atoms with van der Waals surface area (Å²) >= 11 is 0. The van der Waals surface area contributed by atoms with Crippen LogP contribution < -0.4 is 10.9 Å². The predicted octanol–water partition coefficient (Wildman–Crippen LogP) is 2.57. The summed E-state index contributed by atoms with van der Waals surface area (Å²) in [6.45, 7) is 4.32. The summed E-state index contributed by atoms with van der Waals surface area (Å²) < 4.78 is 6.19. The molecule has 1 atom stereocenters. The Balaban J connectivity index is 1.99. The van der Waals surface area contributed by atoms with Gasteiger partial charge in [-0.05, 0) is 17.5 Å². The van der Waals surface area contributed by atoms with Gasteiger partial charge in [-0.25, -0.2) is 9.48 Å². The molecule has 1 amide bonds. The Labute approximate surface area is 174 Å². The molecule has 2 aromatic carbocycles. The number of methoxy groups -OCH3 is 1. The van der Waals surface area contributed by atoms with Crippen molar-refractivity contribution in [2.45, 2.75) is 32.9 Å². The van der Waals surface area contributed by atoms with Crippen molar-refractivity contribution in [3.63, 3.8) is 0 Å². The number of carbonyl (C=O) groups excluding carboxylic acids is 2. The topological polar surface area (TPSA) is 90.3 Å². The van der Waals surface area contributed by atoms with Crippen molar-refractivity contribution in [1.29, 1.82) is 0 Å². The molecule has 0 aliphatic heterocycles. The number of amides is 1. The largest absolute Gasteiger partial charge is 0.467 e. The van der Waals surface area contributed by atoms with Gasteiger partial charge in [-0.1, -0.05) is 62.4 Å².